The highest BCUT2D eigenvalue weighted by Gasteiger charge is 2.20. The van der Waals surface area contributed by atoms with Crippen LogP contribution in [-0.2, 0) is 4.84 Å². The van der Waals surface area contributed by atoms with Gasteiger partial charge >= 0.3 is 0 Å². The second-order valence-corrected chi connectivity index (χ2v) is 6.69. The molecule has 0 aliphatic rings. The number of nitrogens with one attached hydrogen (secondary N) is 3. The molecule has 6 nitrogen and oxygen atoms in total. The molecule has 0 fully saturated rings. The van der Waals surface area contributed by atoms with Gasteiger partial charge in [0, 0.05) is 3.57 Å². The molecule has 146 valence electrons. The number of amides is 1. The minimum absolute atomic E-state index is 0.0586. The zero-order valence-electron chi connectivity index (χ0n) is 14.2. The molecular formula is C17H17F3IN3O3. The van der Waals surface area contributed by atoms with Gasteiger partial charge in [0.15, 0.2) is 11.6 Å². The minimum Gasteiger partial charge on any atom is -0.395 e. The lowest BCUT2D eigenvalue weighted by Gasteiger charge is -2.16. The lowest BCUT2D eigenvalue weighted by Crippen LogP contribution is -2.37. The number of aliphatic hydroxyl groups is 1. The summed E-state index contributed by atoms with van der Waals surface area (Å²) in [6.45, 7) is -0.284. The van der Waals surface area contributed by atoms with Crippen molar-refractivity contribution in [3.8, 4) is 0 Å². The van der Waals surface area contributed by atoms with Crippen LogP contribution in [-0.4, -0.2) is 37.3 Å². The van der Waals surface area contributed by atoms with Gasteiger partial charge in [-0.05, 0) is 60.0 Å². The molecule has 1 atom stereocenters. The third-order valence-corrected chi connectivity index (χ3v) is 4.28. The van der Waals surface area contributed by atoms with Gasteiger partial charge in [-0.25, -0.2) is 18.7 Å². The lowest BCUT2D eigenvalue weighted by molar-refractivity contribution is 0.0164. The van der Waals surface area contributed by atoms with Crippen LogP contribution in [0.2, 0.25) is 0 Å². The monoisotopic (exact) mass is 495 g/mol. The van der Waals surface area contributed by atoms with E-state index in [1.165, 1.54) is 12.1 Å². The Labute approximate surface area is 167 Å². The van der Waals surface area contributed by atoms with Gasteiger partial charge in [0.1, 0.15) is 5.82 Å². The van der Waals surface area contributed by atoms with Gasteiger partial charge < -0.3 is 15.7 Å². The number of hydrogen-bond acceptors (Lipinski definition) is 5. The number of benzene rings is 2. The number of anilines is 2. The van der Waals surface area contributed by atoms with Crippen molar-refractivity contribution in [1.29, 1.82) is 0 Å². The quantitative estimate of drug-likeness (QED) is 0.335. The van der Waals surface area contributed by atoms with E-state index in [-0.39, 0.29) is 24.5 Å². The van der Waals surface area contributed by atoms with Gasteiger partial charge in [0.05, 0.1) is 36.2 Å². The number of rotatable bonds is 8. The van der Waals surface area contributed by atoms with Gasteiger partial charge in [-0.2, -0.15) is 0 Å². The number of halogens is 4. The van der Waals surface area contributed by atoms with Crippen molar-refractivity contribution in [1.82, 2.24) is 10.8 Å². The van der Waals surface area contributed by atoms with Crippen molar-refractivity contribution >= 4 is 39.9 Å². The third-order valence-electron chi connectivity index (χ3n) is 3.61. The Morgan fingerprint density at radius 1 is 1.22 bits per heavy atom. The molecule has 0 aliphatic carbocycles. The minimum atomic E-state index is -1.33. The number of carbonyl (C=O) groups is 1. The first kappa shape index (κ1) is 21.4. The zero-order chi connectivity index (χ0) is 20.0. The molecule has 0 aromatic heterocycles. The van der Waals surface area contributed by atoms with Gasteiger partial charge in [-0.3, -0.25) is 9.63 Å². The summed E-state index contributed by atoms with van der Waals surface area (Å²) in [4.78, 5) is 17.2. The molecule has 0 spiro atoms. The first-order valence-corrected chi connectivity index (χ1v) is 8.85. The van der Waals surface area contributed by atoms with Gasteiger partial charge in [0.2, 0.25) is 0 Å². The van der Waals surface area contributed by atoms with Crippen molar-refractivity contribution in [3.63, 3.8) is 0 Å². The highest BCUT2D eigenvalue weighted by atomic mass is 127. The maximum absolute atomic E-state index is 14.3. The Kier molecular flexibility index (Phi) is 7.83. The predicted octanol–water partition coefficient (Wildman–Crippen LogP) is 2.69. The third kappa shape index (κ3) is 5.54. The van der Waals surface area contributed by atoms with Crippen LogP contribution in [0.1, 0.15) is 10.4 Å². The SMILES string of the molecule is CNC(CO)CONC(=O)c1ccc(F)c(F)c1Nc1ccc(I)cc1F. The van der Waals surface area contributed by atoms with Crippen LogP contribution < -0.4 is 16.1 Å². The Hall–Kier alpha value is -1.89. The van der Waals surface area contributed by atoms with E-state index in [2.05, 4.69) is 16.1 Å². The van der Waals surface area contributed by atoms with E-state index in [4.69, 9.17) is 9.94 Å². The average molecular weight is 495 g/mol. The van der Waals surface area contributed by atoms with Crippen LogP contribution in [0.15, 0.2) is 30.3 Å². The van der Waals surface area contributed by atoms with Gasteiger partial charge in [-0.1, -0.05) is 0 Å². The normalized spacial score (nSPS) is 11.9. The maximum atomic E-state index is 14.3. The largest absolute Gasteiger partial charge is 0.395 e. The fourth-order valence-electron chi connectivity index (χ4n) is 2.08. The van der Waals surface area contributed by atoms with Crippen molar-refractivity contribution in [2.75, 3.05) is 25.6 Å². The Morgan fingerprint density at radius 3 is 2.59 bits per heavy atom. The van der Waals surface area contributed by atoms with Crippen LogP contribution in [0.5, 0.6) is 0 Å². The van der Waals surface area contributed by atoms with Crippen LogP contribution in [0, 0.1) is 21.0 Å². The highest BCUT2D eigenvalue weighted by Crippen LogP contribution is 2.28. The summed E-state index contributed by atoms with van der Waals surface area (Å²) in [5.41, 5.74) is 1.16. The van der Waals surface area contributed by atoms with E-state index in [0.717, 1.165) is 12.1 Å². The molecule has 10 heteroatoms. The van der Waals surface area contributed by atoms with Gasteiger partial charge in [0.25, 0.3) is 5.91 Å². The first-order chi connectivity index (χ1) is 12.9. The summed E-state index contributed by atoms with van der Waals surface area (Å²) >= 11 is 1.90. The molecule has 0 saturated carbocycles. The number of hydroxylamine groups is 1. The van der Waals surface area contributed by atoms with E-state index in [1.54, 1.807) is 13.1 Å². The number of aliphatic hydroxyl groups excluding tert-OH is 1. The highest BCUT2D eigenvalue weighted by molar-refractivity contribution is 14.1. The molecule has 1 unspecified atom stereocenters. The number of carbonyl (C=O) groups excluding carboxylic acids is 1. The van der Waals surface area contributed by atoms with Crippen LogP contribution in [0.25, 0.3) is 0 Å². The molecular weight excluding hydrogens is 478 g/mol. The molecule has 0 radical (unpaired) electrons. The molecule has 4 N–H and O–H groups in total. The van der Waals surface area contributed by atoms with Crippen molar-refractivity contribution in [2.45, 2.75) is 6.04 Å². The van der Waals surface area contributed by atoms with Crippen molar-refractivity contribution in [2.24, 2.45) is 0 Å². The van der Waals surface area contributed by atoms with E-state index in [1.807, 2.05) is 22.6 Å². The molecule has 27 heavy (non-hydrogen) atoms. The summed E-state index contributed by atoms with van der Waals surface area (Å²) in [5, 5.41) is 14.2. The van der Waals surface area contributed by atoms with E-state index < -0.39 is 35.1 Å². The molecule has 0 heterocycles. The smallest absolute Gasteiger partial charge is 0.277 e. The summed E-state index contributed by atoms with van der Waals surface area (Å²) in [6.07, 6.45) is 0. The second-order valence-electron chi connectivity index (χ2n) is 5.44. The molecule has 0 aliphatic heterocycles. The molecule has 0 bridgehead atoms. The maximum Gasteiger partial charge on any atom is 0.277 e. The number of hydrogen-bond donors (Lipinski definition) is 4. The first-order valence-electron chi connectivity index (χ1n) is 7.77. The summed E-state index contributed by atoms with van der Waals surface area (Å²) in [5.74, 6) is -4.08. The summed E-state index contributed by atoms with van der Waals surface area (Å²) < 4.78 is 42.5. The van der Waals surface area contributed by atoms with Crippen molar-refractivity contribution in [3.05, 3.63) is 56.9 Å². The zero-order valence-corrected chi connectivity index (χ0v) is 16.3. The Balaban J connectivity index is 2.24. The Morgan fingerprint density at radius 2 is 1.96 bits per heavy atom. The topological polar surface area (TPSA) is 82.6 Å². The molecule has 2 aromatic rings. The van der Waals surface area contributed by atoms with Crippen LogP contribution in [0.3, 0.4) is 0 Å². The molecule has 1 amide bonds. The average Bonchev–Trinajstić information content (AvgIpc) is 2.64. The fourth-order valence-corrected chi connectivity index (χ4v) is 2.53. The van der Waals surface area contributed by atoms with Crippen molar-refractivity contribution < 1.29 is 27.9 Å². The van der Waals surface area contributed by atoms with Crippen LogP contribution in [0.4, 0.5) is 24.5 Å². The van der Waals surface area contributed by atoms with E-state index in [0.29, 0.717) is 3.57 Å². The lowest BCUT2D eigenvalue weighted by atomic mass is 10.1. The Bertz CT molecular complexity index is 819. The summed E-state index contributed by atoms with van der Waals surface area (Å²) in [6, 6.07) is 5.52. The standard InChI is InChI=1S/C17H17F3IN3O3/c1-22-10(7-25)8-27-24-17(26)11-3-4-12(18)15(20)16(11)23-14-5-2-9(21)6-13(14)19/h2-6,10,22-23,25H,7-8H2,1H3,(H,24,26). The molecule has 2 rings (SSSR count). The molecule has 2 aromatic carbocycles. The fraction of sp³-hybridized carbons (Fsp3) is 0.235. The summed E-state index contributed by atoms with van der Waals surface area (Å²) in [7, 11) is 1.60. The van der Waals surface area contributed by atoms with Gasteiger partial charge in [-0.15, -0.1) is 0 Å². The van der Waals surface area contributed by atoms with E-state index >= 15 is 0 Å². The predicted molar refractivity (Wildman–Crippen MR) is 102 cm³/mol. The number of likely N-dealkylation sites (N-methyl/N-ethyl adjacent to an activating group) is 1. The van der Waals surface area contributed by atoms with Crippen LogP contribution >= 0.6 is 22.6 Å². The van der Waals surface area contributed by atoms with E-state index in [9.17, 15) is 18.0 Å². The second kappa shape index (κ2) is 9.88. The molecule has 0 saturated heterocycles.